The van der Waals surface area contributed by atoms with Crippen LogP contribution in [0.5, 0.6) is 0 Å². The number of halogens is 4. The minimum Gasteiger partial charge on any atom is -0.310 e. The molecule has 1 heterocycles. The highest BCUT2D eigenvalue weighted by Gasteiger charge is 2.31. The Morgan fingerprint density at radius 1 is 1.29 bits per heavy atom. The van der Waals surface area contributed by atoms with Crippen LogP contribution in [0.1, 0.15) is 24.7 Å². The van der Waals surface area contributed by atoms with Gasteiger partial charge in [0.1, 0.15) is 0 Å². The predicted octanol–water partition coefficient (Wildman–Crippen LogP) is 2.94. The molecule has 0 unspecified atom stereocenters. The summed E-state index contributed by atoms with van der Waals surface area (Å²) < 4.78 is 40.1. The largest absolute Gasteiger partial charge is 0.416 e. The Kier molecular flexibility index (Phi) is 4.94. The van der Waals surface area contributed by atoms with Crippen LogP contribution in [-0.4, -0.2) is 26.8 Å². The number of hydrogen-bond acceptors (Lipinski definition) is 4. The van der Waals surface area contributed by atoms with Crippen molar-refractivity contribution in [1.82, 2.24) is 25.5 Å². The third kappa shape index (κ3) is 4.01. The summed E-state index contributed by atoms with van der Waals surface area (Å²) in [5.41, 5.74) is -0.496. The van der Waals surface area contributed by atoms with E-state index in [1.165, 1.54) is 10.7 Å². The van der Waals surface area contributed by atoms with Crippen molar-refractivity contribution >= 4 is 15.9 Å². The van der Waals surface area contributed by atoms with Gasteiger partial charge in [0.25, 0.3) is 0 Å². The molecule has 1 aromatic carbocycles. The average Bonchev–Trinajstić information content (AvgIpc) is 2.86. The lowest BCUT2D eigenvalue weighted by molar-refractivity contribution is -0.137. The number of nitrogens with zero attached hydrogens (tertiary/aromatic N) is 4. The first-order chi connectivity index (χ1) is 9.91. The van der Waals surface area contributed by atoms with Crippen molar-refractivity contribution < 1.29 is 13.2 Å². The molecule has 0 saturated heterocycles. The highest BCUT2D eigenvalue weighted by molar-refractivity contribution is 9.10. The Labute approximate surface area is 127 Å². The second-order valence-electron chi connectivity index (χ2n) is 4.38. The molecule has 0 atom stereocenters. The van der Waals surface area contributed by atoms with Crippen LogP contribution in [0.2, 0.25) is 0 Å². The van der Waals surface area contributed by atoms with E-state index in [0.29, 0.717) is 16.8 Å². The number of nitrogens with one attached hydrogen (secondary N) is 1. The van der Waals surface area contributed by atoms with Crippen molar-refractivity contribution in [1.29, 1.82) is 0 Å². The van der Waals surface area contributed by atoms with Crippen LogP contribution in [0.3, 0.4) is 0 Å². The molecule has 2 aromatic rings. The predicted molar refractivity (Wildman–Crippen MR) is 73.9 cm³/mol. The fourth-order valence-corrected chi connectivity index (χ4v) is 2.23. The van der Waals surface area contributed by atoms with E-state index in [9.17, 15) is 13.2 Å². The fourth-order valence-electron chi connectivity index (χ4n) is 1.75. The van der Waals surface area contributed by atoms with Gasteiger partial charge in [0, 0.05) is 4.47 Å². The first-order valence-electron chi connectivity index (χ1n) is 6.28. The summed E-state index contributed by atoms with van der Waals surface area (Å²) in [6.45, 7) is 3.17. The molecule has 9 heteroatoms. The maximum absolute atomic E-state index is 12.8. The van der Waals surface area contributed by atoms with Crippen LogP contribution in [0.15, 0.2) is 22.7 Å². The smallest absolute Gasteiger partial charge is 0.310 e. The van der Waals surface area contributed by atoms with Crippen LogP contribution < -0.4 is 5.32 Å². The fraction of sp³-hybridized carbons (Fsp3) is 0.417. The van der Waals surface area contributed by atoms with E-state index in [-0.39, 0.29) is 5.69 Å². The molecule has 0 aliphatic rings. The Bertz CT molecular complexity index is 611. The summed E-state index contributed by atoms with van der Waals surface area (Å²) in [7, 11) is 0. The molecule has 0 spiro atoms. The Morgan fingerprint density at radius 3 is 2.71 bits per heavy atom. The summed E-state index contributed by atoms with van der Waals surface area (Å²) in [4.78, 5) is 0. The maximum Gasteiger partial charge on any atom is 0.416 e. The number of rotatable bonds is 5. The zero-order chi connectivity index (χ0) is 15.5. The molecule has 1 N–H and O–H groups in total. The van der Waals surface area contributed by atoms with Crippen molar-refractivity contribution in [2.45, 2.75) is 26.1 Å². The molecular weight excluding hydrogens is 351 g/mol. The molecular formula is C12H13BrF3N5. The monoisotopic (exact) mass is 363 g/mol. The van der Waals surface area contributed by atoms with Gasteiger partial charge in [-0.3, -0.25) is 0 Å². The number of tetrazole rings is 1. The lowest BCUT2D eigenvalue weighted by Crippen LogP contribution is -2.18. The van der Waals surface area contributed by atoms with Gasteiger partial charge in [-0.05, 0) is 41.6 Å². The van der Waals surface area contributed by atoms with Gasteiger partial charge in [-0.1, -0.05) is 22.9 Å². The molecule has 114 valence electrons. The Balaban J connectivity index is 2.34. The minimum atomic E-state index is -4.42. The molecule has 0 saturated carbocycles. The van der Waals surface area contributed by atoms with E-state index in [4.69, 9.17) is 0 Å². The number of benzene rings is 1. The van der Waals surface area contributed by atoms with Crippen LogP contribution in [0, 0.1) is 0 Å². The van der Waals surface area contributed by atoms with Crippen LogP contribution in [0.25, 0.3) is 5.69 Å². The molecule has 0 bridgehead atoms. The molecule has 0 amide bonds. The summed E-state index contributed by atoms with van der Waals surface area (Å²) in [5, 5.41) is 14.2. The van der Waals surface area contributed by atoms with Crippen molar-refractivity contribution in [3.63, 3.8) is 0 Å². The second kappa shape index (κ2) is 6.52. The highest BCUT2D eigenvalue weighted by Crippen LogP contribution is 2.32. The van der Waals surface area contributed by atoms with Gasteiger partial charge in [0.2, 0.25) is 0 Å². The van der Waals surface area contributed by atoms with Gasteiger partial charge in [0.15, 0.2) is 5.82 Å². The molecule has 0 aliphatic heterocycles. The van der Waals surface area contributed by atoms with E-state index in [1.54, 1.807) is 0 Å². The van der Waals surface area contributed by atoms with Crippen LogP contribution in [0.4, 0.5) is 13.2 Å². The zero-order valence-electron chi connectivity index (χ0n) is 11.2. The molecule has 0 fully saturated rings. The Hall–Kier alpha value is -1.48. The van der Waals surface area contributed by atoms with Gasteiger partial charge in [-0.25, -0.2) is 0 Å². The molecule has 0 aliphatic carbocycles. The topological polar surface area (TPSA) is 55.6 Å². The SMILES string of the molecule is CCCNCc1nnnn1-c1cc(Br)cc(C(F)(F)F)c1. The first-order valence-corrected chi connectivity index (χ1v) is 7.07. The number of hydrogen-bond donors (Lipinski definition) is 1. The van der Waals surface area contributed by atoms with Gasteiger partial charge in [-0.15, -0.1) is 5.10 Å². The van der Waals surface area contributed by atoms with Crippen molar-refractivity contribution in [3.8, 4) is 5.69 Å². The van der Waals surface area contributed by atoms with Crippen molar-refractivity contribution in [2.24, 2.45) is 0 Å². The molecule has 21 heavy (non-hydrogen) atoms. The van der Waals surface area contributed by atoms with Crippen LogP contribution in [-0.2, 0) is 12.7 Å². The second-order valence-corrected chi connectivity index (χ2v) is 5.30. The molecule has 2 rings (SSSR count). The summed E-state index contributed by atoms with van der Waals surface area (Å²) in [6.07, 6.45) is -3.48. The van der Waals surface area contributed by atoms with Gasteiger partial charge in [-0.2, -0.15) is 17.9 Å². The first kappa shape index (κ1) is 15.9. The van der Waals surface area contributed by atoms with E-state index in [2.05, 4.69) is 36.8 Å². The average molecular weight is 364 g/mol. The summed E-state index contributed by atoms with van der Waals surface area (Å²) in [6, 6.07) is 3.57. The quantitative estimate of drug-likeness (QED) is 0.829. The van der Waals surface area contributed by atoms with Crippen molar-refractivity contribution in [3.05, 3.63) is 34.1 Å². The minimum absolute atomic E-state index is 0.259. The lowest BCUT2D eigenvalue weighted by Gasteiger charge is -2.11. The zero-order valence-corrected chi connectivity index (χ0v) is 12.7. The van der Waals surface area contributed by atoms with Gasteiger partial charge >= 0.3 is 6.18 Å². The number of aromatic nitrogens is 4. The standard InChI is InChI=1S/C12H13BrF3N5/c1-2-3-17-7-11-18-19-20-21(11)10-5-8(12(14,15)16)4-9(13)6-10/h4-6,17H,2-3,7H2,1H3. The lowest BCUT2D eigenvalue weighted by atomic mass is 10.2. The van der Waals surface area contributed by atoms with E-state index in [0.717, 1.165) is 25.1 Å². The highest BCUT2D eigenvalue weighted by atomic mass is 79.9. The number of alkyl halides is 3. The molecule has 5 nitrogen and oxygen atoms in total. The van der Waals surface area contributed by atoms with E-state index >= 15 is 0 Å². The maximum atomic E-state index is 12.8. The summed E-state index contributed by atoms with van der Waals surface area (Å²) >= 11 is 3.08. The van der Waals surface area contributed by atoms with Crippen molar-refractivity contribution in [2.75, 3.05) is 6.54 Å². The van der Waals surface area contributed by atoms with E-state index < -0.39 is 11.7 Å². The van der Waals surface area contributed by atoms with Gasteiger partial charge in [0.05, 0.1) is 17.8 Å². The molecule has 1 aromatic heterocycles. The third-order valence-corrected chi connectivity index (χ3v) is 3.16. The summed E-state index contributed by atoms with van der Waals surface area (Å²) in [5.74, 6) is 0.453. The normalized spacial score (nSPS) is 11.9. The Morgan fingerprint density at radius 2 is 2.05 bits per heavy atom. The van der Waals surface area contributed by atoms with E-state index in [1.807, 2.05) is 6.92 Å². The van der Waals surface area contributed by atoms with Crippen LogP contribution >= 0.6 is 15.9 Å². The molecule has 0 radical (unpaired) electrons. The third-order valence-electron chi connectivity index (χ3n) is 2.70. The van der Waals surface area contributed by atoms with Gasteiger partial charge < -0.3 is 5.32 Å².